The molecule has 1 aliphatic heterocycles. The number of carbonyl (C=O) groups excluding carboxylic acids is 1. The van der Waals surface area contributed by atoms with Crippen LogP contribution in [0.4, 0.5) is 0 Å². The van der Waals surface area contributed by atoms with Gasteiger partial charge in [0.25, 0.3) is 0 Å². The number of hydrogen-bond acceptors (Lipinski definition) is 3. The van der Waals surface area contributed by atoms with E-state index in [2.05, 4.69) is 4.90 Å². The molecule has 3 atom stereocenters. The van der Waals surface area contributed by atoms with Crippen molar-refractivity contribution in [1.82, 2.24) is 4.90 Å². The summed E-state index contributed by atoms with van der Waals surface area (Å²) in [4.78, 5) is 13.5. The third kappa shape index (κ3) is 2.38. The molecule has 4 N–H and O–H groups in total. The number of rotatable bonds is 4. The molecule has 92 valence electrons. The molecule has 1 amide bonds. The Kier molecular flexibility index (Phi) is 3.82. The lowest BCUT2D eigenvalue weighted by molar-refractivity contribution is -0.119. The lowest BCUT2D eigenvalue weighted by Gasteiger charge is -2.36. The van der Waals surface area contributed by atoms with E-state index in [9.17, 15) is 4.79 Å². The molecule has 1 aliphatic carbocycles. The predicted octanol–water partition coefficient (Wildman–Crippen LogP) is 0.454. The van der Waals surface area contributed by atoms with Crippen LogP contribution in [-0.4, -0.2) is 36.0 Å². The lowest BCUT2D eigenvalue weighted by Crippen LogP contribution is -2.47. The maximum absolute atomic E-state index is 11.0. The van der Waals surface area contributed by atoms with Crippen LogP contribution in [0.1, 0.15) is 38.5 Å². The summed E-state index contributed by atoms with van der Waals surface area (Å²) in [6.45, 7) is 1.65. The molecule has 4 nitrogen and oxygen atoms in total. The zero-order valence-electron chi connectivity index (χ0n) is 9.90. The topological polar surface area (TPSA) is 72.3 Å². The molecule has 0 aromatic rings. The number of fused-ring (bicyclic) bond motifs is 1. The number of likely N-dealkylation sites (tertiary alicyclic amines) is 1. The fourth-order valence-corrected chi connectivity index (χ4v) is 3.46. The van der Waals surface area contributed by atoms with Crippen molar-refractivity contribution in [2.45, 2.75) is 50.6 Å². The minimum Gasteiger partial charge on any atom is -0.370 e. The van der Waals surface area contributed by atoms with Crippen LogP contribution in [0.15, 0.2) is 0 Å². The molecule has 0 spiro atoms. The van der Waals surface area contributed by atoms with E-state index in [0.29, 0.717) is 19.0 Å². The Morgan fingerprint density at radius 1 is 1.31 bits per heavy atom. The molecule has 0 aromatic heterocycles. The van der Waals surface area contributed by atoms with Gasteiger partial charge >= 0.3 is 0 Å². The molecule has 1 saturated carbocycles. The largest absolute Gasteiger partial charge is 0.370 e. The summed E-state index contributed by atoms with van der Waals surface area (Å²) in [6.07, 6.45) is 7.03. The Morgan fingerprint density at radius 3 is 2.75 bits per heavy atom. The Balaban J connectivity index is 1.99. The van der Waals surface area contributed by atoms with Gasteiger partial charge in [-0.25, -0.2) is 0 Å². The number of hydrogen-bond donors (Lipinski definition) is 2. The van der Waals surface area contributed by atoms with Crippen LogP contribution in [0.2, 0.25) is 0 Å². The Morgan fingerprint density at radius 2 is 2.06 bits per heavy atom. The molecule has 0 bridgehead atoms. The van der Waals surface area contributed by atoms with E-state index >= 15 is 0 Å². The molecule has 2 aliphatic rings. The molecule has 2 rings (SSSR count). The van der Waals surface area contributed by atoms with Gasteiger partial charge < -0.3 is 11.5 Å². The predicted molar refractivity (Wildman–Crippen MR) is 63.7 cm³/mol. The average Bonchev–Trinajstić information content (AvgIpc) is 2.69. The van der Waals surface area contributed by atoms with Crippen LogP contribution in [-0.2, 0) is 4.79 Å². The van der Waals surface area contributed by atoms with E-state index < -0.39 is 0 Å². The van der Waals surface area contributed by atoms with Crippen LogP contribution < -0.4 is 11.5 Å². The number of nitrogens with two attached hydrogens (primary N) is 2. The molecular weight excluding hydrogens is 202 g/mol. The molecular formula is C12H23N3O. The highest BCUT2D eigenvalue weighted by atomic mass is 16.1. The van der Waals surface area contributed by atoms with Gasteiger partial charge in [-0.1, -0.05) is 12.8 Å². The number of nitrogens with zero attached hydrogens (tertiary/aromatic N) is 1. The van der Waals surface area contributed by atoms with Gasteiger partial charge in [0, 0.05) is 25.0 Å². The van der Waals surface area contributed by atoms with Crippen LogP contribution in [0.25, 0.3) is 0 Å². The summed E-state index contributed by atoms with van der Waals surface area (Å²) in [5.41, 5.74) is 11.1. The van der Waals surface area contributed by atoms with E-state index in [1.807, 2.05) is 0 Å². The number of primary amides is 1. The minimum atomic E-state index is -0.227. The van der Waals surface area contributed by atoms with Crippen molar-refractivity contribution < 1.29 is 4.79 Å². The van der Waals surface area contributed by atoms with E-state index in [1.54, 1.807) is 0 Å². The minimum absolute atomic E-state index is 0.172. The van der Waals surface area contributed by atoms with Gasteiger partial charge in [-0.3, -0.25) is 9.69 Å². The highest BCUT2D eigenvalue weighted by molar-refractivity contribution is 5.74. The normalized spacial score (nSPS) is 32.3. The Labute approximate surface area is 97.3 Å². The van der Waals surface area contributed by atoms with Crippen LogP contribution in [0, 0.1) is 5.92 Å². The molecule has 0 radical (unpaired) electrons. The van der Waals surface area contributed by atoms with Gasteiger partial charge in [0.2, 0.25) is 5.91 Å². The van der Waals surface area contributed by atoms with E-state index in [4.69, 9.17) is 11.5 Å². The maximum Gasteiger partial charge on any atom is 0.219 e. The van der Waals surface area contributed by atoms with Crippen molar-refractivity contribution in [2.24, 2.45) is 17.4 Å². The second-order valence-corrected chi connectivity index (χ2v) is 5.20. The summed E-state index contributed by atoms with van der Waals surface area (Å²) >= 11 is 0. The quantitative estimate of drug-likeness (QED) is 0.730. The average molecular weight is 225 g/mol. The van der Waals surface area contributed by atoms with Gasteiger partial charge in [-0.05, 0) is 31.7 Å². The van der Waals surface area contributed by atoms with E-state index in [1.165, 1.54) is 32.1 Å². The fourth-order valence-electron chi connectivity index (χ4n) is 3.46. The highest BCUT2D eigenvalue weighted by Gasteiger charge is 2.38. The molecule has 3 unspecified atom stereocenters. The molecule has 0 aromatic carbocycles. The third-order valence-corrected chi connectivity index (χ3v) is 4.23. The van der Waals surface area contributed by atoms with E-state index in [0.717, 1.165) is 12.5 Å². The van der Waals surface area contributed by atoms with Crippen molar-refractivity contribution in [3.05, 3.63) is 0 Å². The van der Waals surface area contributed by atoms with Crippen molar-refractivity contribution in [3.63, 3.8) is 0 Å². The molecule has 2 fully saturated rings. The maximum atomic E-state index is 11.0. The number of carbonyl (C=O) groups is 1. The second kappa shape index (κ2) is 5.15. The van der Waals surface area contributed by atoms with Crippen molar-refractivity contribution >= 4 is 5.91 Å². The van der Waals surface area contributed by atoms with Crippen molar-refractivity contribution in [3.8, 4) is 0 Å². The summed E-state index contributed by atoms with van der Waals surface area (Å²) in [7, 11) is 0. The second-order valence-electron chi connectivity index (χ2n) is 5.20. The first kappa shape index (κ1) is 11.9. The number of amides is 1. The summed E-state index contributed by atoms with van der Waals surface area (Å²) < 4.78 is 0. The van der Waals surface area contributed by atoms with Crippen molar-refractivity contribution in [2.75, 3.05) is 13.1 Å². The summed E-state index contributed by atoms with van der Waals surface area (Å²) in [6, 6.07) is 0.840. The SMILES string of the molecule is NCC(CC(N)=O)N1CCC2CCCCC21. The van der Waals surface area contributed by atoms with Crippen LogP contribution >= 0.6 is 0 Å². The van der Waals surface area contributed by atoms with Gasteiger partial charge in [0.05, 0.1) is 0 Å². The Bertz CT molecular complexity index is 257. The standard InChI is InChI=1S/C12H23N3O/c13-8-10(7-12(14)16)15-6-5-9-3-1-2-4-11(9)15/h9-11H,1-8,13H2,(H2,14,16). The van der Waals surface area contributed by atoms with Gasteiger partial charge in [0.15, 0.2) is 0 Å². The third-order valence-electron chi connectivity index (χ3n) is 4.23. The van der Waals surface area contributed by atoms with E-state index in [-0.39, 0.29) is 11.9 Å². The Hall–Kier alpha value is -0.610. The van der Waals surface area contributed by atoms with Gasteiger partial charge in [-0.15, -0.1) is 0 Å². The zero-order chi connectivity index (χ0) is 11.5. The fraction of sp³-hybridized carbons (Fsp3) is 0.917. The highest BCUT2D eigenvalue weighted by Crippen LogP contribution is 2.37. The van der Waals surface area contributed by atoms with Gasteiger partial charge in [0.1, 0.15) is 0 Å². The summed E-state index contributed by atoms with van der Waals surface area (Å²) in [5, 5.41) is 0. The summed E-state index contributed by atoms with van der Waals surface area (Å²) in [5.74, 6) is 0.616. The molecule has 1 heterocycles. The van der Waals surface area contributed by atoms with Crippen molar-refractivity contribution in [1.29, 1.82) is 0 Å². The van der Waals surface area contributed by atoms with Gasteiger partial charge in [-0.2, -0.15) is 0 Å². The lowest BCUT2D eigenvalue weighted by atomic mass is 9.85. The van der Waals surface area contributed by atoms with Crippen LogP contribution in [0.3, 0.4) is 0 Å². The smallest absolute Gasteiger partial charge is 0.219 e. The molecule has 16 heavy (non-hydrogen) atoms. The first-order valence-electron chi connectivity index (χ1n) is 6.46. The zero-order valence-corrected chi connectivity index (χ0v) is 9.90. The van der Waals surface area contributed by atoms with Crippen LogP contribution in [0.5, 0.6) is 0 Å². The monoisotopic (exact) mass is 225 g/mol. The molecule has 1 saturated heterocycles. The first-order chi connectivity index (χ1) is 7.72. The first-order valence-corrected chi connectivity index (χ1v) is 6.46. The molecule has 4 heteroatoms.